The number of aliphatic hydroxyl groups excluding tert-OH is 3. The summed E-state index contributed by atoms with van der Waals surface area (Å²) in [6.07, 6.45) is 2.95. The fourth-order valence-electron chi connectivity index (χ4n) is 1.98. The van der Waals surface area contributed by atoms with Crippen LogP contribution >= 0.6 is 0 Å². The van der Waals surface area contributed by atoms with Crippen molar-refractivity contribution < 1.29 is 63.3 Å². The smallest absolute Gasteiger partial charge is 0.379 e. The molecule has 0 spiro atoms. The number of carbonyl (C=O) groups excluding carboxylic acids is 5. The highest BCUT2D eigenvalue weighted by atomic mass is 17.2. The molecule has 1 heterocycles. The lowest BCUT2D eigenvalue weighted by Crippen LogP contribution is -2.63. The molecule has 1 atom stereocenters. The van der Waals surface area contributed by atoms with Gasteiger partial charge in [0.25, 0.3) is 0 Å². The van der Waals surface area contributed by atoms with Crippen LogP contribution in [0.3, 0.4) is 0 Å². The van der Waals surface area contributed by atoms with Gasteiger partial charge in [0, 0.05) is 30.4 Å². The Bertz CT molecular complexity index is 753. The number of rotatable bonds is 8. The molecule has 0 fully saturated rings. The average Bonchev–Trinajstić information content (AvgIpc) is 2.73. The van der Waals surface area contributed by atoms with Gasteiger partial charge in [0.2, 0.25) is 0 Å². The number of hydrogen-bond donors (Lipinski definition) is 3. The van der Waals surface area contributed by atoms with Gasteiger partial charge in [-0.25, -0.2) is 33.7 Å². The van der Waals surface area contributed by atoms with E-state index in [1.807, 2.05) is 0 Å². The van der Waals surface area contributed by atoms with Crippen molar-refractivity contribution in [3.63, 3.8) is 0 Å². The summed E-state index contributed by atoms with van der Waals surface area (Å²) in [6, 6.07) is 0. The molecule has 0 bridgehead atoms. The van der Waals surface area contributed by atoms with Crippen LogP contribution in [0.1, 0.15) is 0 Å². The SMILES string of the molecule is C=CC(=O)OOC(=O)/C=C/C(=O)OC1(C(CO)(CO)CO)COC(=O)/C=C/C(=O)O1. The number of hydrogen-bond acceptors (Lipinski definition) is 13. The van der Waals surface area contributed by atoms with Gasteiger partial charge < -0.3 is 29.5 Å². The Kier molecular flexibility index (Phi) is 8.85. The van der Waals surface area contributed by atoms with Crippen LogP contribution in [0.2, 0.25) is 0 Å². The lowest BCUT2D eigenvalue weighted by Gasteiger charge is -2.44. The molecule has 164 valence electrons. The summed E-state index contributed by atoms with van der Waals surface area (Å²) in [4.78, 5) is 65.8. The lowest BCUT2D eigenvalue weighted by molar-refractivity contribution is -0.302. The van der Waals surface area contributed by atoms with Gasteiger partial charge in [0.1, 0.15) is 5.41 Å². The molecule has 0 aromatic rings. The zero-order valence-corrected chi connectivity index (χ0v) is 15.3. The minimum Gasteiger partial charge on any atom is -0.454 e. The molecule has 0 saturated heterocycles. The van der Waals surface area contributed by atoms with Crippen molar-refractivity contribution in [2.45, 2.75) is 5.79 Å². The van der Waals surface area contributed by atoms with E-state index < -0.39 is 67.5 Å². The van der Waals surface area contributed by atoms with Gasteiger partial charge in [0.15, 0.2) is 6.61 Å². The van der Waals surface area contributed by atoms with E-state index in [4.69, 9.17) is 14.2 Å². The van der Waals surface area contributed by atoms with Gasteiger partial charge in [-0.05, 0) is 0 Å². The maximum atomic E-state index is 12.2. The second-order valence-corrected chi connectivity index (χ2v) is 5.63. The molecule has 0 aromatic heterocycles. The summed E-state index contributed by atoms with van der Waals surface area (Å²) in [7, 11) is 0. The summed E-state index contributed by atoms with van der Waals surface area (Å²) in [5.41, 5.74) is -2.21. The number of carbonyl (C=O) groups is 5. The highest BCUT2D eigenvalue weighted by Gasteiger charge is 2.59. The third-order valence-electron chi connectivity index (χ3n) is 3.73. The molecule has 0 saturated carbocycles. The Morgan fingerprint density at radius 1 is 1.00 bits per heavy atom. The largest absolute Gasteiger partial charge is 0.454 e. The number of ether oxygens (including phenoxy) is 3. The Balaban J connectivity index is 3.14. The predicted molar refractivity (Wildman–Crippen MR) is 90.2 cm³/mol. The Hall–Kier alpha value is -3.55. The first-order chi connectivity index (χ1) is 14.2. The first kappa shape index (κ1) is 24.5. The van der Waals surface area contributed by atoms with E-state index in [0.717, 1.165) is 0 Å². The van der Waals surface area contributed by atoms with Gasteiger partial charge in [-0.1, -0.05) is 6.58 Å². The van der Waals surface area contributed by atoms with Crippen molar-refractivity contribution >= 4 is 29.8 Å². The second kappa shape index (κ2) is 10.8. The Morgan fingerprint density at radius 3 is 2.10 bits per heavy atom. The Labute approximate surface area is 168 Å². The van der Waals surface area contributed by atoms with Crippen LogP contribution in [0.4, 0.5) is 0 Å². The van der Waals surface area contributed by atoms with Gasteiger partial charge in [-0.15, -0.1) is 0 Å². The van der Waals surface area contributed by atoms with Crippen molar-refractivity contribution in [2.75, 3.05) is 26.4 Å². The maximum Gasteiger partial charge on any atom is 0.379 e. The van der Waals surface area contributed by atoms with Gasteiger partial charge in [0.05, 0.1) is 19.8 Å². The molecule has 13 heteroatoms. The summed E-state index contributed by atoms with van der Waals surface area (Å²) in [6.45, 7) is -1.19. The predicted octanol–water partition coefficient (Wildman–Crippen LogP) is -2.41. The van der Waals surface area contributed by atoms with E-state index in [-0.39, 0.29) is 0 Å². The summed E-state index contributed by atoms with van der Waals surface area (Å²) in [5, 5.41) is 29.0. The van der Waals surface area contributed by atoms with Crippen LogP contribution in [0, 0.1) is 5.41 Å². The fourth-order valence-corrected chi connectivity index (χ4v) is 1.98. The van der Waals surface area contributed by atoms with E-state index in [2.05, 4.69) is 16.4 Å². The van der Waals surface area contributed by atoms with Crippen molar-refractivity contribution in [2.24, 2.45) is 5.41 Å². The normalized spacial score (nSPS) is 20.2. The van der Waals surface area contributed by atoms with E-state index in [0.29, 0.717) is 30.4 Å². The first-order valence-corrected chi connectivity index (χ1v) is 8.04. The topological polar surface area (TPSA) is 192 Å². The first-order valence-electron chi connectivity index (χ1n) is 8.04. The summed E-state index contributed by atoms with van der Waals surface area (Å²) < 4.78 is 14.7. The molecule has 13 nitrogen and oxygen atoms in total. The highest BCUT2D eigenvalue weighted by Crippen LogP contribution is 2.37. The molecule has 0 radical (unpaired) electrons. The van der Waals surface area contributed by atoms with Crippen LogP contribution < -0.4 is 0 Å². The zero-order valence-electron chi connectivity index (χ0n) is 15.3. The third kappa shape index (κ3) is 5.97. The maximum absolute atomic E-state index is 12.2. The Morgan fingerprint density at radius 2 is 1.53 bits per heavy atom. The molecule has 0 aliphatic carbocycles. The van der Waals surface area contributed by atoms with E-state index >= 15 is 0 Å². The molecule has 30 heavy (non-hydrogen) atoms. The molecule has 1 aliphatic rings. The quantitative estimate of drug-likeness (QED) is 0.160. The van der Waals surface area contributed by atoms with Crippen LogP contribution in [0.15, 0.2) is 37.0 Å². The van der Waals surface area contributed by atoms with E-state index in [1.165, 1.54) is 0 Å². The van der Waals surface area contributed by atoms with Gasteiger partial charge >= 0.3 is 35.6 Å². The molecular weight excluding hydrogens is 412 g/mol. The monoisotopic (exact) mass is 430 g/mol. The summed E-state index contributed by atoms with van der Waals surface area (Å²) >= 11 is 0. The minimum atomic E-state index is -2.68. The van der Waals surface area contributed by atoms with Crippen LogP contribution in [0.5, 0.6) is 0 Å². The lowest BCUT2D eigenvalue weighted by atomic mass is 9.81. The standard InChI is InChI=1S/C17H18O13/c1-2-11(21)29-30-15(25)6-5-14(24)28-17(16(7-18,8-19)9-20)10-26-12(22)3-4-13(23)27-17/h2-6,18-20H,1,7-10H2/b4-3+,6-5+. The zero-order chi connectivity index (χ0) is 22.8. The van der Waals surface area contributed by atoms with Crippen LogP contribution in [0.25, 0.3) is 0 Å². The minimum absolute atomic E-state index is 0.451. The molecule has 1 aliphatic heterocycles. The van der Waals surface area contributed by atoms with E-state index in [1.54, 1.807) is 0 Å². The highest BCUT2D eigenvalue weighted by molar-refractivity contribution is 5.93. The molecule has 3 N–H and O–H groups in total. The summed E-state index contributed by atoms with van der Waals surface area (Å²) in [5.74, 6) is -8.76. The fraction of sp³-hybridized carbons (Fsp3) is 0.353. The molecule has 1 rings (SSSR count). The molecular formula is C17H18O13. The van der Waals surface area contributed by atoms with Crippen molar-refractivity contribution in [1.29, 1.82) is 0 Å². The number of cyclic esters (lactones) is 2. The average molecular weight is 430 g/mol. The number of aliphatic hydroxyl groups is 3. The third-order valence-corrected chi connectivity index (χ3v) is 3.73. The van der Waals surface area contributed by atoms with Gasteiger partial charge in [-0.2, -0.15) is 0 Å². The molecule has 0 aromatic carbocycles. The van der Waals surface area contributed by atoms with Crippen molar-refractivity contribution in [3.05, 3.63) is 37.0 Å². The van der Waals surface area contributed by atoms with Crippen molar-refractivity contribution in [1.82, 2.24) is 0 Å². The van der Waals surface area contributed by atoms with Crippen molar-refractivity contribution in [3.8, 4) is 0 Å². The van der Waals surface area contributed by atoms with Crippen LogP contribution in [-0.2, 0) is 48.0 Å². The van der Waals surface area contributed by atoms with Crippen LogP contribution in [-0.4, -0.2) is 77.4 Å². The second-order valence-electron chi connectivity index (χ2n) is 5.63. The molecule has 1 unspecified atom stereocenters. The number of esters is 3. The van der Waals surface area contributed by atoms with E-state index in [9.17, 15) is 39.3 Å². The van der Waals surface area contributed by atoms with Gasteiger partial charge in [-0.3, -0.25) is 0 Å². The molecule has 0 amide bonds.